The van der Waals surface area contributed by atoms with Crippen LogP contribution >= 0.6 is 0 Å². The molecule has 7 nitrogen and oxygen atoms in total. The summed E-state index contributed by atoms with van der Waals surface area (Å²) in [6, 6.07) is 12.4. The Morgan fingerprint density at radius 3 is 2.50 bits per heavy atom. The Morgan fingerprint density at radius 2 is 1.83 bits per heavy atom. The lowest BCUT2D eigenvalue weighted by Crippen LogP contribution is -2.30. The van der Waals surface area contributed by atoms with Crippen molar-refractivity contribution in [3.8, 4) is 5.75 Å². The summed E-state index contributed by atoms with van der Waals surface area (Å²) in [5.74, 6) is -1.39. The molecule has 2 aliphatic rings. The molecule has 0 bridgehead atoms. The number of carbonyl (C=O) groups is 1. The van der Waals surface area contributed by atoms with Crippen LogP contribution < -0.4 is 19.1 Å². The van der Waals surface area contributed by atoms with Gasteiger partial charge in [-0.15, -0.1) is 0 Å². The molecule has 0 aliphatic carbocycles. The minimum absolute atomic E-state index is 0.0592. The molecule has 2 N–H and O–H groups in total. The molecule has 0 unspecified atom stereocenters. The van der Waals surface area contributed by atoms with Crippen molar-refractivity contribution in [3.63, 3.8) is 0 Å². The highest BCUT2D eigenvalue weighted by atomic mass is 32.2. The van der Waals surface area contributed by atoms with Gasteiger partial charge in [-0.1, -0.05) is 42.0 Å². The largest absolute Gasteiger partial charge is 0.487 e. The SMILES string of the molecule is O=C1CN(c2c(OCc3ccccc3)ccc(C=C3CCNCC3)c2F)S(=O)(=O)N1. The van der Waals surface area contributed by atoms with E-state index >= 15 is 4.39 Å². The molecule has 2 heterocycles. The van der Waals surface area contributed by atoms with Crippen LogP contribution in [0.3, 0.4) is 0 Å². The molecule has 9 heteroatoms. The third kappa shape index (κ3) is 4.31. The van der Waals surface area contributed by atoms with Crippen molar-refractivity contribution < 1.29 is 22.3 Å². The van der Waals surface area contributed by atoms with Gasteiger partial charge in [0, 0.05) is 5.56 Å². The number of benzene rings is 2. The van der Waals surface area contributed by atoms with Crippen molar-refractivity contribution >= 4 is 27.9 Å². The summed E-state index contributed by atoms with van der Waals surface area (Å²) in [5, 5.41) is 3.24. The quantitative estimate of drug-likeness (QED) is 0.759. The van der Waals surface area contributed by atoms with Crippen LogP contribution in [0.4, 0.5) is 10.1 Å². The Balaban J connectivity index is 1.73. The standard InChI is InChI=1S/C21H22FN3O4S/c22-20-17(12-15-8-10-23-11-9-15)6-7-18(29-14-16-4-2-1-3-5-16)21(20)25-13-19(26)24-30(25,27)28/h1-7,12,23H,8-11,13-14H2,(H,24,26). The monoisotopic (exact) mass is 431 g/mol. The number of nitrogens with one attached hydrogen (secondary N) is 2. The molecule has 2 saturated heterocycles. The molecule has 2 aromatic rings. The van der Waals surface area contributed by atoms with Gasteiger partial charge >= 0.3 is 10.2 Å². The van der Waals surface area contributed by atoms with Gasteiger partial charge in [0.2, 0.25) is 0 Å². The van der Waals surface area contributed by atoms with Crippen molar-refractivity contribution in [1.29, 1.82) is 0 Å². The third-order valence-corrected chi connectivity index (χ3v) is 6.40. The third-order valence-electron chi connectivity index (χ3n) is 5.02. The van der Waals surface area contributed by atoms with Gasteiger partial charge in [-0.2, -0.15) is 8.42 Å². The van der Waals surface area contributed by atoms with E-state index in [9.17, 15) is 13.2 Å². The molecule has 2 fully saturated rings. The van der Waals surface area contributed by atoms with E-state index in [2.05, 4.69) is 5.32 Å². The van der Waals surface area contributed by atoms with E-state index in [1.807, 2.05) is 35.1 Å². The van der Waals surface area contributed by atoms with Gasteiger partial charge in [-0.25, -0.2) is 13.4 Å². The number of halogens is 1. The minimum atomic E-state index is -4.18. The highest BCUT2D eigenvalue weighted by Gasteiger charge is 2.38. The number of piperidine rings is 1. The van der Waals surface area contributed by atoms with Gasteiger partial charge in [0.15, 0.2) is 5.82 Å². The first-order chi connectivity index (χ1) is 14.4. The first-order valence-corrected chi connectivity index (χ1v) is 11.1. The normalized spacial score (nSPS) is 18.2. The van der Waals surface area contributed by atoms with E-state index in [-0.39, 0.29) is 23.6 Å². The summed E-state index contributed by atoms with van der Waals surface area (Å²) in [5.41, 5.74) is 1.94. The van der Waals surface area contributed by atoms with Gasteiger partial charge in [-0.3, -0.25) is 4.79 Å². The Labute approximate surface area is 174 Å². The van der Waals surface area contributed by atoms with Crippen LogP contribution in [-0.4, -0.2) is 34.0 Å². The summed E-state index contributed by atoms with van der Waals surface area (Å²) in [6.07, 6.45) is 3.34. The molecule has 2 aliphatic heterocycles. The van der Waals surface area contributed by atoms with Gasteiger partial charge in [-0.05, 0) is 43.6 Å². The zero-order valence-electron chi connectivity index (χ0n) is 16.2. The van der Waals surface area contributed by atoms with E-state index < -0.39 is 28.5 Å². The van der Waals surface area contributed by atoms with Gasteiger partial charge in [0.05, 0.1) is 0 Å². The lowest BCUT2D eigenvalue weighted by atomic mass is 10.0. The average Bonchev–Trinajstić information content (AvgIpc) is 3.01. The smallest absolute Gasteiger partial charge is 0.326 e. The maximum absolute atomic E-state index is 15.6. The number of hydrogen-bond donors (Lipinski definition) is 2. The topological polar surface area (TPSA) is 87.7 Å². The number of anilines is 1. The fourth-order valence-electron chi connectivity index (χ4n) is 3.52. The minimum Gasteiger partial charge on any atom is -0.487 e. The van der Waals surface area contributed by atoms with Crippen LogP contribution in [0.5, 0.6) is 5.75 Å². The molecule has 0 aromatic heterocycles. The first-order valence-electron chi connectivity index (χ1n) is 9.67. The summed E-state index contributed by atoms with van der Waals surface area (Å²) in [6.45, 7) is 1.27. The van der Waals surface area contributed by atoms with Crippen molar-refractivity contribution in [2.45, 2.75) is 19.4 Å². The van der Waals surface area contributed by atoms with Crippen LogP contribution in [0.15, 0.2) is 48.0 Å². The maximum atomic E-state index is 15.6. The summed E-state index contributed by atoms with van der Waals surface area (Å²) in [7, 11) is -4.18. The van der Waals surface area contributed by atoms with Crippen molar-refractivity contribution in [2.24, 2.45) is 0 Å². The number of rotatable bonds is 5. The molecule has 0 atom stereocenters. The van der Waals surface area contributed by atoms with Gasteiger partial charge < -0.3 is 10.1 Å². The van der Waals surface area contributed by atoms with Gasteiger partial charge in [0.1, 0.15) is 24.6 Å². The number of hydrogen-bond acceptors (Lipinski definition) is 5. The van der Waals surface area contributed by atoms with Gasteiger partial charge in [0.25, 0.3) is 5.91 Å². The Bertz CT molecular complexity index is 1080. The van der Waals surface area contributed by atoms with Crippen LogP contribution in [0.25, 0.3) is 6.08 Å². The Kier molecular flexibility index (Phi) is 5.74. The van der Waals surface area contributed by atoms with E-state index in [4.69, 9.17) is 4.74 Å². The predicted octanol–water partition coefficient (Wildman–Crippen LogP) is 2.35. The number of amides is 1. The van der Waals surface area contributed by atoms with E-state index in [0.717, 1.165) is 41.4 Å². The highest BCUT2D eigenvalue weighted by Crippen LogP contribution is 2.37. The molecular weight excluding hydrogens is 409 g/mol. The second-order valence-corrected chi connectivity index (χ2v) is 8.77. The zero-order chi connectivity index (χ0) is 21.1. The number of nitrogens with zero attached hydrogens (tertiary/aromatic N) is 1. The molecule has 0 saturated carbocycles. The molecule has 2 aromatic carbocycles. The van der Waals surface area contributed by atoms with E-state index in [1.54, 1.807) is 18.2 Å². The number of carbonyl (C=O) groups excluding carboxylic acids is 1. The predicted molar refractivity (Wildman–Crippen MR) is 112 cm³/mol. The molecule has 0 radical (unpaired) electrons. The van der Waals surface area contributed by atoms with Crippen molar-refractivity contribution in [1.82, 2.24) is 10.0 Å². The zero-order valence-corrected chi connectivity index (χ0v) is 17.0. The highest BCUT2D eigenvalue weighted by molar-refractivity contribution is 7.92. The molecule has 4 rings (SSSR count). The van der Waals surface area contributed by atoms with E-state index in [1.165, 1.54) is 0 Å². The summed E-state index contributed by atoms with van der Waals surface area (Å²) < 4.78 is 48.7. The number of ether oxygens (including phenoxy) is 1. The maximum Gasteiger partial charge on any atom is 0.326 e. The molecule has 1 amide bonds. The molecular formula is C21H22FN3O4S. The molecule has 158 valence electrons. The summed E-state index contributed by atoms with van der Waals surface area (Å²) >= 11 is 0. The second kappa shape index (κ2) is 8.45. The lowest BCUT2D eigenvalue weighted by molar-refractivity contribution is -0.117. The molecule has 30 heavy (non-hydrogen) atoms. The van der Waals surface area contributed by atoms with Crippen molar-refractivity contribution in [2.75, 3.05) is 23.9 Å². The first kappa shape index (κ1) is 20.4. The summed E-state index contributed by atoms with van der Waals surface area (Å²) in [4.78, 5) is 11.7. The lowest BCUT2D eigenvalue weighted by Gasteiger charge is -2.21. The van der Waals surface area contributed by atoms with Crippen LogP contribution in [0.2, 0.25) is 0 Å². The molecule has 0 spiro atoms. The van der Waals surface area contributed by atoms with E-state index in [0.29, 0.717) is 0 Å². The van der Waals surface area contributed by atoms with Crippen LogP contribution in [0.1, 0.15) is 24.0 Å². The Hall–Kier alpha value is -2.91. The fourth-order valence-corrected chi connectivity index (χ4v) is 4.68. The Morgan fingerprint density at radius 1 is 1.10 bits per heavy atom. The fraction of sp³-hybridized carbons (Fsp3) is 0.286. The van der Waals surface area contributed by atoms with Crippen molar-refractivity contribution in [3.05, 3.63) is 65.0 Å². The second-order valence-electron chi connectivity index (χ2n) is 7.18. The van der Waals surface area contributed by atoms with Crippen LogP contribution in [-0.2, 0) is 21.6 Å². The average molecular weight is 431 g/mol. The van der Waals surface area contributed by atoms with Crippen LogP contribution in [0, 0.1) is 5.82 Å².